The van der Waals surface area contributed by atoms with E-state index in [2.05, 4.69) is 56.7 Å². The van der Waals surface area contributed by atoms with Crippen molar-refractivity contribution in [2.24, 2.45) is 0 Å². The number of benzene rings is 1. The van der Waals surface area contributed by atoms with E-state index in [1.807, 2.05) is 12.4 Å². The van der Waals surface area contributed by atoms with Crippen LogP contribution in [0.4, 0.5) is 0 Å². The highest BCUT2D eigenvalue weighted by molar-refractivity contribution is 9.10. The smallest absolute Gasteiger partial charge is 0.108 e. The molecular formula is C12H13BrN2. The number of imidazole rings is 1. The summed E-state index contributed by atoms with van der Waals surface area (Å²) in [7, 11) is 0. The Labute approximate surface area is 98.1 Å². The summed E-state index contributed by atoms with van der Waals surface area (Å²) in [5.74, 6) is 1.14. The van der Waals surface area contributed by atoms with E-state index in [1.165, 1.54) is 5.56 Å². The molecule has 0 unspecified atom stereocenters. The lowest BCUT2D eigenvalue weighted by Crippen LogP contribution is -2.02. The molecule has 0 N–H and O–H groups in total. The second-order valence-corrected chi connectivity index (χ2v) is 4.37. The van der Waals surface area contributed by atoms with Crippen LogP contribution in [0.3, 0.4) is 0 Å². The number of aromatic nitrogens is 2. The molecule has 15 heavy (non-hydrogen) atoms. The van der Waals surface area contributed by atoms with Gasteiger partial charge in [0.1, 0.15) is 5.82 Å². The first-order valence-electron chi connectivity index (χ1n) is 5.04. The lowest BCUT2D eigenvalue weighted by Gasteiger charge is -2.06. The zero-order valence-corrected chi connectivity index (χ0v) is 10.2. The largest absolute Gasteiger partial charge is 0.331 e. The quantitative estimate of drug-likeness (QED) is 0.832. The molecule has 0 aliphatic carbocycles. The van der Waals surface area contributed by atoms with Crippen LogP contribution in [-0.4, -0.2) is 9.55 Å². The third-order valence-electron chi connectivity index (χ3n) is 2.38. The van der Waals surface area contributed by atoms with Gasteiger partial charge in [-0.3, -0.25) is 0 Å². The minimum atomic E-state index is 0.899. The Kier molecular flexibility index (Phi) is 3.21. The van der Waals surface area contributed by atoms with E-state index in [0.29, 0.717) is 0 Å². The van der Waals surface area contributed by atoms with Gasteiger partial charge >= 0.3 is 0 Å². The number of rotatable bonds is 3. The zero-order valence-electron chi connectivity index (χ0n) is 8.65. The maximum Gasteiger partial charge on any atom is 0.108 e. The fourth-order valence-electron chi connectivity index (χ4n) is 1.58. The third-order valence-corrected chi connectivity index (χ3v) is 2.91. The maximum absolute atomic E-state index is 4.30. The van der Waals surface area contributed by atoms with E-state index >= 15 is 0 Å². The van der Waals surface area contributed by atoms with Crippen LogP contribution in [0.15, 0.2) is 41.1 Å². The third kappa shape index (κ3) is 2.48. The van der Waals surface area contributed by atoms with Crippen molar-refractivity contribution in [1.82, 2.24) is 9.55 Å². The van der Waals surface area contributed by atoms with Crippen molar-refractivity contribution >= 4 is 15.9 Å². The predicted octanol–water partition coefficient (Wildman–Crippen LogP) is 3.26. The summed E-state index contributed by atoms with van der Waals surface area (Å²) in [6.45, 7) is 3.02. The monoisotopic (exact) mass is 264 g/mol. The summed E-state index contributed by atoms with van der Waals surface area (Å²) in [4.78, 5) is 4.30. The molecule has 1 aromatic carbocycles. The van der Waals surface area contributed by atoms with Gasteiger partial charge in [0.25, 0.3) is 0 Å². The highest BCUT2D eigenvalue weighted by atomic mass is 79.9. The molecule has 0 radical (unpaired) electrons. The Bertz CT molecular complexity index is 431. The average molecular weight is 265 g/mol. The lowest BCUT2D eigenvalue weighted by molar-refractivity contribution is 0.732. The molecule has 0 saturated heterocycles. The van der Waals surface area contributed by atoms with Gasteiger partial charge in [-0.1, -0.05) is 35.0 Å². The standard InChI is InChI=1S/C12H13BrN2/c1-2-12-14-7-8-15(12)9-10-3-5-11(13)6-4-10/h3-8H,2,9H2,1H3. The molecule has 0 fully saturated rings. The molecule has 0 bridgehead atoms. The topological polar surface area (TPSA) is 17.8 Å². The summed E-state index contributed by atoms with van der Waals surface area (Å²) in [6.07, 6.45) is 4.86. The zero-order chi connectivity index (χ0) is 10.7. The van der Waals surface area contributed by atoms with E-state index in [9.17, 15) is 0 Å². The second kappa shape index (κ2) is 4.62. The van der Waals surface area contributed by atoms with Crippen molar-refractivity contribution in [3.05, 3.63) is 52.5 Å². The van der Waals surface area contributed by atoms with Crippen LogP contribution in [-0.2, 0) is 13.0 Å². The van der Waals surface area contributed by atoms with Gasteiger partial charge in [0.2, 0.25) is 0 Å². The fraction of sp³-hybridized carbons (Fsp3) is 0.250. The first-order chi connectivity index (χ1) is 7.29. The van der Waals surface area contributed by atoms with E-state index in [-0.39, 0.29) is 0 Å². The Balaban J connectivity index is 2.18. The van der Waals surface area contributed by atoms with Gasteiger partial charge in [-0.25, -0.2) is 4.98 Å². The van der Waals surface area contributed by atoms with Crippen LogP contribution in [0, 0.1) is 0 Å². The highest BCUT2D eigenvalue weighted by Gasteiger charge is 2.00. The molecule has 2 nitrogen and oxygen atoms in total. The Morgan fingerprint density at radius 3 is 2.67 bits per heavy atom. The highest BCUT2D eigenvalue weighted by Crippen LogP contribution is 2.12. The minimum absolute atomic E-state index is 0.899. The summed E-state index contributed by atoms with van der Waals surface area (Å²) in [5.41, 5.74) is 1.30. The van der Waals surface area contributed by atoms with Gasteiger partial charge in [0.15, 0.2) is 0 Å². The molecule has 0 amide bonds. The van der Waals surface area contributed by atoms with Crippen LogP contribution in [0.5, 0.6) is 0 Å². The Morgan fingerprint density at radius 2 is 2.00 bits per heavy atom. The van der Waals surface area contributed by atoms with Crippen molar-refractivity contribution in [3.8, 4) is 0 Å². The van der Waals surface area contributed by atoms with Gasteiger partial charge in [0.05, 0.1) is 0 Å². The van der Waals surface area contributed by atoms with Crippen LogP contribution < -0.4 is 0 Å². The Hall–Kier alpha value is -1.09. The summed E-state index contributed by atoms with van der Waals surface area (Å²) in [6, 6.07) is 8.39. The van der Waals surface area contributed by atoms with Crippen molar-refractivity contribution < 1.29 is 0 Å². The van der Waals surface area contributed by atoms with Crippen molar-refractivity contribution in [2.45, 2.75) is 19.9 Å². The Morgan fingerprint density at radius 1 is 1.27 bits per heavy atom. The van der Waals surface area contributed by atoms with Gasteiger partial charge in [-0.05, 0) is 17.7 Å². The number of nitrogens with zero attached hydrogens (tertiary/aromatic N) is 2. The van der Waals surface area contributed by atoms with Crippen LogP contribution in [0.2, 0.25) is 0 Å². The van der Waals surface area contributed by atoms with Crippen molar-refractivity contribution in [1.29, 1.82) is 0 Å². The molecule has 0 aliphatic heterocycles. The summed E-state index contributed by atoms with van der Waals surface area (Å²) in [5, 5.41) is 0. The average Bonchev–Trinajstić information content (AvgIpc) is 2.69. The molecule has 0 spiro atoms. The van der Waals surface area contributed by atoms with E-state index in [0.717, 1.165) is 23.3 Å². The number of hydrogen-bond donors (Lipinski definition) is 0. The lowest BCUT2D eigenvalue weighted by atomic mass is 10.2. The fourth-order valence-corrected chi connectivity index (χ4v) is 1.85. The summed E-state index contributed by atoms with van der Waals surface area (Å²) < 4.78 is 3.30. The van der Waals surface area contributed by atoms with Crippen LogP contribution >= 0.6 is 15.9 Å². The van der Waals surface area contributed by atoms with Crippen molar-refractivity contribution in [3.63, 3.8) is 0 Å². The van der Waals surface area contributed by atoms with Gasteiger partial charge in [0, 0.05) is 29.8 Å². The maximum atomic E-state index is 4.30. The SMILES string of the molecule is CCc1nccn1Cc1ccc(Br)cc1. The first kappa shape index (κ1) is 10.4. The molecule has 78 valence electrons. The van der Waals surface area contributed by atoms with Gasteiger partial charge in [-0.2, -0.15) is 0 Å². The number of hydrogen-bond acceptors (Lipinski definition) is 1. The molecule has 0 atom stereocenters. The normalized spacial score (nSPS) is 10.5. The predicted molar refractivity (Wildman–Crippen MR) is 64.8 cm³/mol. The molecule has 2 rings (SSSR count). The second-order valence-electron chi connectivity index (χ2n) is 3.45. The molecule has 0 aliphatic rings. The number of halogens is 1. The van der Waals surface area contributed by atoms with E-state index < -0.39 is 0 Å². The molecule has 0 saturated carbocycles. The molecule has 1 heterocycles. The first-order valence-corrected chi connectivity index (χ1v) is 5.83. The van der Waals surface area contributed by atoms with E-state index in [1.54, 1.807) is 0 Å². The number of aryl methyl sites for hydroxylation is 1. The molecule has 3 heteroatoms. The molecule has 2 aromatic rings. The van der Waals surface area contributed by atoms with Crippen LogP contribution in [0.25, 0.3) is 0 Å². The van der Waals surface area contributed by atoms with E-state index in [4.69, 9.17) is 0 Å². The van der Waals surface area contributed by atoms with Gasteiger partial charge < -0.3 is 4.57 Å². The van der Waals surface area contributed by atoms with Gasteiger partial charge in [-0.15, -0.1) is 0 Å². The van der Waals surface area contributed by atoms with Crippen molar-refractivity contribution in [2.75, 3.05) is 0 Å². The minimum Gasteiger partial charge on any atom is -0.331 e. The molecular weight excluding hydrogens is 252 g/mol. The van der Waals surface area contributed by atoms with Crippen LogP contribution in [0.1, 0.15) is 18.3 Å². The molecule has 1 aromatic heterocycles. The summed E-state index contributed by atoms with van der Waals surface area (Å²) >= 11 is 3.43.